The van der Waals surface area contributed by atoms with E-state index < -0.39 is 0 Å². The summed E-state index contributed by atoms with van der Waals surface area (Å²) >= 11 is 6.15. The number of piperidine rings is 1. The van der Waals surface area contributed by atoms with Gasteiger partial charge in [-0.3, -0.25) is 4.79 Å². The molecule has 1 fully saturated rings. The molecule has 1 N–H and O–H groups in total. The van der Waals surface area contributed by atoms with Crippen molar-refractivity contribution in [1.82, 2.24) is 10.2 Å². The Bertz CT molecular complexity index is 445. The van der Waals surface area contributed by atoms with Crippen LogP contribution in [0.15, 0.2) is 18.2 Å². The molecule has 2 rings (SSSR count). The second-order valence-corrected chi connectivity index (χ2v) is 5.29. The third-order valence-corrected chi connectivity index (χ3v) is 3.84. The normalized spacial score (nSPS) is 15.7. The van der Waals surface area contributed by atoms with E-state index in [4.69, 9.17) is 11.6 Å². The number of rotatable bonds is 2. The van der Waals surface area contributed by atoms with Gasteiger partial charge in [-0.25, -0.2) is 0 Å². The molecule has 1 aliphatic rings. The van der Waals surface area contributed by atoms with Crippen molar-refractivity contribution in [3.8, 4) is 0 Å². The minimum Gasteiger partial charge on any atom is -0.339 e. The summed E-state index contributed by atoms with van der Waals surface area (Å²) in [7, 11) is 1.87. The van der Waals surface area contributed by atoms with Gasteiger partial charge >= 0.3 is 0 Å². The standard InChI is InChI=1S/C14H19ClN2O.ClH/c1-10-3-4-12(13(15)9-10)14(18)17(2)11-5-7-16-8-6-11;/h3-4,9,11,16H,5-8H2,1-2H3;1H. The van der Waals surface area contributed by atoms with Crippen molar-refractivity contribution in [2.45, 2.75) is 25.8 Å². The molecule has 0 radical (unpaired) electrons. The molecule has 1 saturated heterocycles. The SMILES string of the molecule is Cc1ccc(C(=O)N(C)C2CCNCC2)c(Cl)c1.Cl. The molecular formula is C14H20Cl2N2O. The maximum Gasteiger partial charge on any atom is 0.255 e. The largest absolute Gasteiger partial charge is 0.339 e. The zero-order chi connectivity index (χ0) is 13.1. The topological polar surface area (TPSA) is 32.3 Å². The highest BCUT2D eigenvalue weighted by atomic mass is 35.5. The van der Waals surface area contributed by atoms with Gasteiger partial charge in [0.05, 0.1) is 10.6 Å². The molecule has 5 heteroatoms. The summed E-state index contributed by atoms with van der Waals surface area (Å²) in [6, 6.07) is 5.90. The Hall–Kier alpha value is -0.770. The average Bonchev–Trinajstić information content (AvgIpc) is 2.38. The third-order valence-electron chi connectivity index (χ3n) is 3.53. The van der Waals surface area contributed by atoms with E-state index in [9.17, 15) is 4.79 Å². The Balaban J connectivity index is 0.00000180. The maximum atomic E-state index is 12.4. The van der Waals surface area contributed by atoms with Gasteiger partial charge in [-0.2, -0.15) is 0 Å². The highest BCUT2D eigenvalue weighted by Crippen LogP contribution is 2.21. The number of hydrogen-bond acceptors (Lipinski definition) is 2. The first-order valence-corrected chi connectivity index (χ1v) is 6.71. The second-order valence-electron chi connectivity index (χ2n) is 4.88. The van der Waals surface area contributed by atoms with E-state index in [0.29, 0.717) is 16.6 Å². The number of nitrogens with one attached hydrogen (secondary N) is 1. The lowest BCUT2D eigenvalue weighted by molar-refractivity contribution is 0.0703. The first-order valence-electron chi connectivity index (χ1n) is 6.33. The van der Waals surface area contributed by atoms with E-state index in [1.54, 1.807) is 0 Å². The third kappa shape index (κ3) is 3.85. The summed E-state index contributed by atoms with van der Waals surface area (Å²) in [5, 5.41) is 3.85. The van der Waals surface area contributed by atoms with Gasteiger partial charge in [0.25, 0.3) is 5.91 Å². The van der Waals surface area contributed by atoms with Gasteiger partial charge in [0.15, 0.2) is 0 Å². The monoisotopic (exact) mass is 302 g/mol. The number of nitrogens with zero attached hydrogens (tertiary/aromatic N) is 1. The van der Waals surface area contributed by atoms with Crippen LogP contribution >= 0.6 is 24.0 Å². The van der Waals surface area contributed by atoms with Gasteiger partial charge in [-0.1, -0.05) is 17.7 Å². The number of carbonyl (C=O) groups is 1. The van der Waals surface area contributed by atoms with Crippen LogP contribution in [0.4, 0.5) is 0 Å². The lowest BCUT2D eigenvalue weighted by Gasteiger charge is -2.31. The molecule has 0 aliphatic carbocycles. The number of aryl methyl sites for hydroxylation is 1. The Kier molecular flexibility index (Phi) is 6.11. The summed E-state index contributed by atoms with van der Waals surface area (Å²) in [6.07, 6.45) is 2.01. The van der Waals surface area contributed by atoms with Crippen LogP contribution in [0.5, 0.6) is 0 Å². The predicted octanol–water partition coefficient (Wildman–Crippen LogP) is 2.89. The molecule has 1 heterocycles. The molecule has 3 nitrogen and oxygen atoms in total. The fourth-order valence-electron chi connectivity index (χ4n) is 2.34. The molecule has 19 heavy (non-hydrogen) atoms. The van der Waals surface area contributed by atoms with Crippen molar-refractivity contribution in [2.24, 2.45) is 0 Å². The fraction of sp³-hybridized carbons (Fsp3) is 0.500. The molecule has 0 aromatic heterocycles. The van der Waals surface area contributed by atoms with Crippen molar-refractivity contribution in [1.29, 1.82) is 0 Å². The minimum absolute atomic E-state index is 0. The Morgan fingerprint density at radius 1 is 1.37 bits per heavy atom. The van der Waals surface area contributed by atoms with Gasteiger partial charge in [0.2, 0.25) is 0 Å². The first-order chi connectivity index (χ1) is 8.59. The zero-order valence-corrected chi connectivity index (χ0v) is 12.9. The van der Waals surface area contributed by atoms with E-state index in [2.05, 4.69) is 5.32 Å². The van der Waals surface area contributed by atoms with E-state index in [1.807, 2.05) is 37.1 Å². The highest BCUT2D eigenvalue weighted by Gasteiger charge is 2.23. The predicted molar refractivity (Wildman–Crippen MR) is 81.4 cm³/mol. The summed E-state index contributed by atoms with van der Waals surface area (Å²) in [5.74, 6) is 0.0203. The average molecular weight is 303 g/mol. The van der Waals surface area contributed by atoms with Crippen molar-refractivity contribution < 1.29 is 4.79 Å². The van der Waals surface area contributed by atoms with Gasteiger partial charge in [0, 0.05) is 13.1 Å². The fourth-order valence-corrected chi connectivity index (χ4v) is 2.66. The smallest absolute Gasteiger partial charge is 0.255 e. The molecule has 1 aromatic rings. The number of carbonyl (C=O) groups excluding carboxylic acids is 1. The van der Waals surface area contributed by atoms with Crippen LogP contribution in [0.25, 0.3) is 0 Å². The highest BCUT2D eigenvalue weighted by molar-refractivity contribution is 6.33. The van der Waals surface area contributed by atoms with Crippen molar-refractivity contribution >= 4 is 29.9 Å². The van der Waals surface area contributed by atoms with Crippen LogP contribution < -0.4 is 5.32 Å². The summed E-state index contributed by atoms with van der Waals surface area (Å²) < 4.78 is 0. The quantitative estimate of drug-likeness (QED) is 0.911. The maximum absolute atomic E-state index is 12.4. The molecule has 0 bridgehead atoms. The minimum atomic E-state index is 0. The molecule has 1 aromatic carbocycles. The lowest BCUT2D eigenvalue weighted by Crippen LogP contribution is -2.44. The van der Waals surface area contributed by atoms with Crippen molar-refractivity contribution in [3.05, 3.63) is 34.3 Å². The van der Waals surface area contributed by atoms with Crippen molar-refractivity contribution in [2.75, 3.05) is 20.1 Å². The molecular weight excluding hydrogens is 283 g/mol. The molecule has 106 valence electrons. The van der Waals surface area contributed by atoms with Crippen molar-refractivity contribution in [3.63, 3.8) is 0 Å². The number of benzene rings is 1. The van der Waals surface area contributed by atoms with Gasteiger partial charge in [-0.05, 0) is 50.6 Å². The summed E-state index contributed by atoms with van der Waals surface area (Å²) in [5.41, 5.74) is 1.67. The van der Waals surface area contributed by atoms with E-state index in [1.165, 1.54) is 0 Å². The van der Waals surface area contributed by atoms with E-state index >= 15 is 0 Å². The molecule has 1 aliphatic heterocycles. The second kappa shape index (κ2) is 7.13. The summed E-state index contributed by atoms with van der Waals surface area (Å²) in [4.78, 5) is 14.2. The van der Waals surface area contributed by atoms with Crippen LogP contribution in [0.1, 0.15) is 28.8 Å². The molecule has 0 unspecified atom stereocenters. The van der Waals surface area contributed by atoms with Crippen LogP contribution in [0, 0.1) is 6.92 Å². The number of amides is 1. The van der Waals surface area contributed by atoms with E-state index in [-0.39, 0.29) is 18.3 Å². The van der Waals surface area contributed by atoms with Crippen LogP contribution in [-0.2, 0) is 0 Å². The Morgan fingerprint density at radius 3 is 2.58 bits per heavy atom. The Labute approximate surface area is 125 Å². The Morgan fingerprint density at radius 2 is 2.00 bits per heavy atom. The van der Waals surface area contributed by atoms with Crippen LogP contribution in [0.3, 0.4) is 0 Å². The lowest BCUT2D eigenvalue weighted by atomic mass is 10.0. The van der Waals surface area contributed by atoms with Gasteiger partial charge in [-0.15, -0.1) is 12.4 Å². The van der Waals surface area contributed by atoms with Crippen LogP contribution in [0.2, 0.25) is 5.02 Å². The zero-order valence-electron chi connectivity index (χ0n) is 11.3. The summed E-state index contributed by atoms with van der Waals surface area (Å²) in [6.45, 7) is 3.92. The molecule has 0 saturated carbocycles. The van der Waals surface area contributed by atoms with E-state index in [0.717, 1.165) is 31.5 Å². The van der Waals surface area contributed by atoms with Crippen LogP contribution in [-0.4, -0.2) is 37.0 Å². The molecule has 0 spiro atoms. The van der Waals surface area contributed by atoms with Gasteiger partial charge in [0.1, 0.15) is 0 Å². The number of halogens is 2. The molecule has 1 amide bonds. The molecule has 0 atom stereocenters. The number of hydrogen-bond donors (Lipinski definition) is 1. The first kappa shape index (κ1) is 16.3. The van der Waals surface area contributed by atoms with Gasteiger partial charge < -0.3 is 10.2 Å².